The highest BCUT2D eigenvalue weighted by atomic mass is 127. The van der Waals surface area contributed by atoms with Gasteiger partial charge in [-0.15, -0.1) is 24.0 Å². The molecule has 25 heavy (non-hydrogen) atoms. The lowest BCUT2D eigenvalue weighted by molar-refractivity contribution is -0.122. The van der Waals surface area contributed by atoms with Crippen molar-refractivity contribution in [2.24, 2.45) is 10.9 Å². The Morgan fingerprint density at radius 3 is 2.68 bits per heavy atom. The summed E-state index contributed by atoms with van der Waals surface area (Å²) in [6.07, 6.45) is 2.55. The average molecular weight is 527 g/mol. The van der Waals surface area contributed by atoms with Crippen molar-refractivity contribution >= 4 is 51.8 Å². The maximum atomic E-state index is 13.7. The van der Waals surface area contributed by atoms with Crippen LogP contribution in [0.4, 0.5) is 4.39 Å². The van der Waals surface area contributed by atoms with Crippen LogP contribution in [0.3, 0.4) is 0 Å². The van der Waals surface area contributed by atoms with Gasteiger partial charge < -0.3 is 16.0 Å². The second-order valence-electron chi connectivity index (χ2n) is 5.74. The van der Waals surface area contributed by atoms with Crippen molar-refractivity contribution in [3.63, 3.8) is 0 Å². The van der Waals surface area contributed by atoms with Gasteiger partial charge in [-0.05, 0) is 49.9 Å². The van der Waals surface area contributed by atoms with Gasteiger partial charge in [0, 0.05) is 36.6 Å². The highest BCUT2D eigenvalue weighted by Gasteiger charge is 2.28. The molecule has 0 aromatic heterocycles. The van der Waals surface area contributed by atoms with Crippen molar-refractivity contribution in [2.45, 2.75) is 26.2 Å². The van der Waals surface area contributed by atoms with E-state index >= 15 is 0 Å². The largest absolute Gasteiger partial charge is 0.357 e. The van der Waals surface area contributed by atoms with Gasteiger partial charge >= 0.3 is 0 Å². The molecular weight excluding hydrogens is 502 g/mol. The summed E-state index contributed by atoms with van der Waals surface area (Å²) < 4.78 is 14.6. The van der Waals surface area contributed by atoms with E-state index in [1.807, 2.05) is 6.92 Å². The third-order valence-electron chi connectivity index (χ3n) is 3.67. The van der Waals surface area contributed by atoms with Crippen LogP contribution in [0.2, 0.25) is 0 Å². The summed E-state index contributed by atoms with van der Waals surface area (Å²) in [5.41, 5.74) is 0.640. The molecular formula is C17H25BrFIN4O. The summed E-state index contributed by atoms with van der Waals surface area (Å²) >= 11 is 3.35. The highest BCUT2D eigenvalue weighted by Crippen LogP contribution is 2.28. The Kier molecular flexibility index (Phi) is 10.3. The van der Waals surface area contributed by atoms with Gasteiger partial charge in [0.05, 0.1) is 0 Å². The predicted molar refractivity (Wildman–Crippen MR) is 113 cm³/mol. The number of aliphatic imine (C=N–C) groups is 1. The number of hydrogen-bond donors (Lipinski definition) is 3. The normalized spacial score (nSPS) is 13.8. The predicted octanol–water partition coefficient (Wildman–Crippen LogP) is 2.83. The van der Waals surface area contributed by atoms with Gasteiger partial charge in [-0.2, -0.15) is 0 Å². The van der Waals surface area contributed by atoms with Crippen LogP contribution in [0.5, 0.6) is 0 Å². The summed E-state index contributed by atoms with van der Waals surface area (Å²) in [4.78, 5) is 16.0. The Balaban J connectivity index is 0.00000312. The fourth-order valence-corrected chi connectivity index (χ4v) is 2.63. The lowest BCUT2D eigenvalue weighted by Gasteiger charge is -2.12. The number of guanidine groups is 1. The molecule has 2 rings (SSSR count). The van der Waals surface area contributed by atoms with E-state index in [0.29, 0.717) is 37.6 Å². The second kappa shape index (κ2) is 11.7. The molecule has 1 saturated carbocycles. The van der Waals surface area contributed by atoms with Crippen molar-refractivity contribution in [1.82, 2.24) is 16.0 Å². The van der Waals surface area contributed by atoms with Crippen molar-refractivity contribution in [3.05, 3.63) is 34.1 Å². The molecule has 5 nitrogen and oxygen atoms in total. The van der Waals surface area contributed by atoms with Crippen LogP contribution in [0, 0.1) is 11.7 Å². The first-order valence-corrected chi connectivity index (χ1v) is 9.13. The minimum absolute atomic E-state index is 0. The van der Waals surface area contributed by atoms with Crippen molar-refractivity contribution in [1.29, 1.82) is 0 Å². The fraction of sp³-hybridized carbons (Fsp3) is 0.529. The van der Waals surface area contributed by atoms with Crippen molar-refractivity contribution in [2.75, 3.05) is 26.2 Å². The first kappa shape index (κ1) is 22.1. The quantitative estimate of drug-likeness (QED) is 0.211. The number of hydrogen-bond acceptors (Lipinski definition) is 2. The van der Waals surface area contributed by atoms with Crippen LogP contribution in [-0.4, -0.2) is 38.0 Å². The molecule has 1 aliphatic rings. The van der Waals surface area contributed by atoms with E-state index < -0.39 is 0 Å². The first-order chi connectivity index (χ1) is 11.6. The molecule has 3 N–H and O–H groups in total. The molecule has 1 aromatic carbocycles. The molecule has 8 heteroatoms. The van der Waals surface area contributed by atoms with Crippen LogP contribution < -0.4 is 16.0 Å². The Hall–Kier alpha value is -0.900. The fourth-order valence-electron chi connectivity index (χ4n) is 2.22. The molecule has 1 aliphatic carbocycles. The number of nitrogens with one attached hydrogen (secondary N) is 3. The zero-order valence-electron chi connectivity index (χ0n) is 14.3. The van der Waals surface area contributed by atoms with Gasteiger partial charge in [0.25, 0.3) is 0 Å². The maximum Gasteiger partial charge on any atom is 0.223 e. The lowest BCUT2D eigenvalue weighted by atomic mass is 10.1. The van der Waals surface area contributed by atoms with Gasteiger partial charge in [-0.3, -0.25) is 9.79 Å². The topological polar surface area (TPSA) is 65.5 Å². The Morgan fingerprint density at radius 1 is 1.28 bits per heavy atom. The SMILES string of the molecule is CCNC(=NCCc1cc(Br)ccc1F)NCCNC(=O)C1CC1.I. The van der Waals surface area contributed by atoms with Gasteiger partial charge in [0.15, 0.2) is 5.96 Å². The van der Waals surface area contributed by atoms with Gasteiger partial charge in [0.1, 0.15) is 5.82 Å². The maximum absolute atomic E-state index is 13.7. The lowest BCUT2D eigenvalue weighted by Crippen LogP contribution is -2.41. The van der Waals surface area contributed by atoms with E-state index in [4.69, 9.17) is 0 Å². The molecule has 1 amide bonds. The molecule has 0 bridgehead atoms. The van der Waals surface area contributed by atoms with E-state index in [1.54, 1.807) is 12.1 Å². The number of amides is 1. The van der Waals surface area contributed by atoms with E-state index in [1.165, 1.54) is 6.07 Å². The molecule has 0 saturated heterocycles. The summed E-state index contributed by atoms with van der Waals surface area (Å²) in [5.74, 6) is 0.832. The summed E-state index contributed by atoms with van der Waals surface area (Å²) in [6.45, 7) is 4.39. The van der Waals surface area contributed by atoms with Gasteiger partial charge in [-0.25, -0.2) is 4.39 Å². The molecule has 0 unspecified atom stereocenters. The summed E-state index contributed by atoms with van der Waals surface area (Å²) in [6, 6.07) is 4.91. The number of benzene rings is 1. The van der Waals surface area contributed by atoms with Gasteiger partial charge in [0.2, 0.25) is 5.91 Å². The Labute approximate surface area is 173 Å². The average Bonchev–Trinajstić information content (AvgIpc) is 3.39. The van der Waals surface area contributed by atoms with E-state index in [-0.39, 0.29) is 41.6 Å². The molecule has 140 valence electrons. The molecule has 0 aliphatic heterocycles. The van der Waals surface area contributed by atoms with E-state index in [9.17, 15) is 9.18 Å². The number of carbonyl (C=O) groups excluding carboxylic acids is 1. The van der Waals surface area contributed by atoms with Crippen molar-refractivity contribution in [3.8, 4) is 0 Å². The minimum Gasteiger partial charge on any atom is -0.357 e. The Morgan fingerprint density at radius 2 is 2.00 bits per heavy atom. The molecule has 0 radical (unpaired) electrons. The Bertz CT molecular complexity index is 596. The molecule has 1 aromatic rings. The minimum atomic E-state index is -0.214. The van der Waals surface area contributed by atoms with Crippen LogP contribution in [0.25, 0.3) is 0 Å². The smallest absolute Gasteiger partial charge is 0.223 e. The van der Waals surface area contributed by atoms with Crippen LogP contribution in [0.1, 0.15) is 25.3 Å². The monoisotopic (exact) mass is 526 g/mol. The number of carbonyl (C=O) groups is 1. The number of nitrogens with zero attached hydrogens (tertiary/aromatic N) is 1. The standard InChI is InChI=1S/C17H24BrFN4O.HI/c1-2-20-17(23-10-9-21-16(24)12-3-4-12)22-8-7-13-11-14(18)5-6-15(13)19;/h5-6,11-12H,2-4,7-10H2,1H3,(H,21,24)(H2,20,22,23);1H. The highest BCUT2D eigenvalue weighted by molar-refractivity contribution is 14.0. The molecule has 1 fully saturated rings. The van der Waals surface area contributed by atoms with Crippen LogP contribution in [-0.2, 0) is 11.2 Å². The number of halogens is 3. The molecule has 0 atom stereocenters. The summed E-state index contributed by atoms with van der Waals surface area (Å²) in [5, 5.41) is 9.21. The van der Waals surface area contributed by atoms with E-state index in [0.717, 1.165) is 23.9 Å². The first-order valence-electron chi connectivity index (χ1n) is 8.34. The van der Waals surface area contributed by atoms with Crippen LogP contribution >= 0.6 is 39.9 Å². The van der Waals surface area contributed by atoms with E-state index in [2.05, 4.69) is 36.9 Å². The van der Waals surface area contributed by atoms with Crippen molar-refractivity contribution < 1.29 is 9.18 Å². The molecule has 0 spiro atoms. The third-order valence-corrected chi connectivity index (χ3v) is 4.16. The summed E-state index contributed by atoms with van der Waals surface area (Å²) in [7, 11) is 0. The molecule has 0 heterocycles. The number of rotatable bonds is 8. The van der Waals surface area contributed by atoms with Crippen LogP contribution in [0.15, 0.2) is 27.7 Å². The zero-order chi connectivity index (χ0) is 17.4. The van der Waals surface area contributed by atoms with Gasteiger partial charge in [-0.1, -0.05) is 15.9 Å². The third kappa shape index (κ3) is 8.35. The second-order valence-corrected chi connectivity index (χ2v) is 6.65. The zero-order valence-corrected chi connectivity index (χ0v) is 18.2.